The molecule has 1 saturated heterocycles. The number of hydrogen-bond donors (Lipinski definition) is 1. The van der Waals surface area contributed by atoms with Crippen molar-refractivity contribution in [2.75, 3.05) is 33.0 Å². The molecular weight excluding hydrogens is 354 g/mol. The van der Waals surface area contributed by atoms with E-state index in [9.17, 15) is 4.79 Å². The zero-order valence-electron chi connectivity index (χ0n) is 16.8. The van der Waals surface area contributed by atoms with Crippen LogP contribution in [0.5, 0.6) is 5.75 Å². The zero-order chi connectivity index (χ0) is 20.1. The molecule has 0 spiro atoms. The minimum absolute atomic E-state index is 0.153. The highest BCUT2D eigenvalue weighted by Gasteiger charge is 2.29. The van der Waals surface area contributed by atoms with Crippen LogP contribution in [0.1, 0.15) is 37.1 Å². The third-order valence-corrected chi connectivity index (χ3v) is 5.40. The lowest BCUT2D eigenvalue weighted by Gasteiger charge is -2.24. The van der Waals surface area contributed by atoms with Gasteiger partial charge in [-0.2, -0.15) is 0 Å². The Morgan fingerprint density at radius 1 is 1.43 bits per heavy atom. The molecule has 0 bridgehead atoms. The largest absolute Gasteiger partial charge is 0.497 e. The molecule has 1 aromatic heterocycles. The molecule has 3 rings (SSSR count). The summed E-state index contributed by atoms with van der Waals surface area (Å²) in [4.78, 5) is 25.5. The highest BCUT2D eigenvalue weighted by Crippen LogP contribution is 2.25. The van der Waals surface area contributed by atoms with Gasteiger partial charge in [0, 0.05) is 31.7 Å². The zero-order valence-corrected chi connectivity index (χ0v) is 16.8. The summed E-state index contributed by atoms with van der Waals surface area (Å²) in [5, 5.41) is 0. The van der Waals surface area contributed by atoms with E-state index >= 15 is 0 Å². The quantitative estimate of drug-likeness (QED) is 0.790. The number of benzene rings is 1. The second-order valence-electron chi connectivity index (χ2n) is 7.48. The molecule has 2 atom stereocenters. The predicted octanol–water partition coefficient (Wildman–Crippen LogP) is 2.29. The van der Waals surface area contributed by atoms with Crippen LogP contribution < -0.4 is 10.5 Å². The standard InChI is InChI=1S/C21H29N5O2/c1-15(16-5-4-6-18(12-16)28-3)11-21(27)26-10-8-17(13-26)25(2)14-20-23-9-7-19(22)24-20/h4-7,9,12,15,17H,8,10-11,13-14H2,1-3H3,(H2,22,23,24)/t15-,17-/m0/s1. The summed E-state index contributed by atoms with van der Waals surface area (Å²) >= 11 is 0. The van der Waals surface area contributed by atoms with Crippen molar-refractivity contribution in [1.29, 1.82) is 0 Å². The first kappa shape index (κ1) is 20.1. The van der Waals surface area contributed by atoms with Gasteiger partial charge >= 0.3 is 0 Å². The number of anilines is 1. The summed E-state index contributed by atoms with van der Waals surface area (Å²) in [6.07, 6.45) is 3.13. The Hall–Kier alpha value is -2.67. The van der Waals surface area contributed by atoms with E-state index in [1.807, 2.05) is 36.2 Å². The molecule has 0 aliphatic carbocycles. The normalized spacial score (nSPS) is 17.7. The van der Waals surface area contributed by atoms with Gasteiger partial charge in [0.05, 0.1) is 13.7 Å². The van der Waals surface area contributed by atoms with Gasteiger partial charge in [-0.25, -0.2) is 9.97 Å². The van der Waals surface area contributed by atoms with E-state index in [1.165, 1.54) is 0 Å². The van der Waals surface area contributed by atoms with Gasteiger partial charge in [-0.3, -0.25) is 9.69 Å². The van der Waals surface area contributed by atoms with E-state index in [2.05, 4.69) is 21.8 Å². The molecule has 1 aliphatic rings. The van der Waals surface area contributed by atoms with Gasteiger partial charge in [0.25, 0.3) is 0 Å². The first-order chi connectivity index (χ1) is 13.5. The first-order valence-corrected chi connectivity index (χ1v) is 9.65. The molecule has 1 fully saturated rings. The molecule has 28 heavy (non-hydrogen) atoms. The third kappa shape index (κ3) is 4.98. The lowest BCUT2D eigenvalue weighted by atomic mass is 9.97. The fourth-order valence-corrected chi connectivity index (χ4v) is 3.63. The van der Waals surface area contributed by atoms with Gasteiger partial charge in [0.2, 0.25) is 5.91 Å². The number of aromatic nitrogens is 2. The fourth-order valence-electron chi connectivity index (χ4n) is 3.63. The van der Waals surface area contributed by atoms with Crippen molar-refractivity contribution in [3.8, 4) is 5.75 Å². The molecule has 2 N–H and O–H groups in total. The monoisotopic (exact) mass is 383 g/mol. The van der Waals surface area contributed by atoms with Gasteiger partial charge < -0.3 is 15.4 Å². The van der Waals surface area contributed by atoms with Crippen molar-refractivity contribution in [3.05, 3.63) is 47.9 Å². The van der Waals surface area contributed by atoms with Crippen molar-refractivity contribution < 1.29 is 9.53 Å². The Labute approximate surface area is 166 Å². The van der Waals surface area contributed by atoms with E-state index < -0.39 is 0 Å². The molecule has 0 radical (unpaired) electrons. The van der Waals surface area contributed by atoms with Gasteiger partial charge in [0.15, 0.2) is 0 Å². The Kier molecular flexibility index (Phi) is 6.46. The number of likely N-dealkylation sites (N-methyl/N-ethyl adjacent to an activating group) is 1. The smallest absolute Gasteiger partial charge is 0.223 e. The Bertz CT molecular complexity index is 813. The summed E-state index contributed by atoms with van der Waals surface area (Å²) in [7, 11) is 3.70. The summed E-state index contributed by atoms with van der Waals surface area (Å²) in [6.45, 7) is 4.24. The van der Waals surface area contributed by atoms with Crippen molar-refractivity contribution in [2.45, 2.75) is 38.3 Å². The van der Waals surface area contributed by atoms with Crippen molar-refractivity contribution in [3.63, 3.8) is 0 Å². The molecule has 0 saturated carbocycles. The molecule has 2 aromatic rings. The van der Waals surface area contributed by atoms with E-state index in [4.69, 9.17) is 10.5 Å². The summed E-state index contributed by atoms with van der Waals surface area (Å²) in [5.41, 5.74) is 6.86. The van der Waals surface area contributed by atoms with Crippen LogP contribution in [0.4, 0.5) is 5.82 Å². The van der Waals surface area contributed by atoms with Crippen LogP contribution in [0.2, 0.25) is 0 Å². The Morgan fingerprint density at radius 2 is 2.25 bits per heavy atom. The van der Waals surface area contributed by atoms with Crippen LogP contribution >= 0.6 is 0 Å². The van der Waals surface area contributed by atoms with E-state index in [0.717, 1.165) is 30.8 Å². The third-order valence-electron chi connectivity index (χ3n) is 5.40. The Balaban J connectivity index is 1.53. The van der Waals surface area contributed by atoms with E-state index in [1.54, 1.807) is 19.4 Å². The molecule has 0 unspecified atom stereocenters. The molecule has 2 heterocycles. The molecule has 1 amide bonds. The van der Waals surface area contributed by atoms with E-state index in [-0.39, 0.29) is 11.8 Å². The number of carbonyl (C=O) groups excluding carboxylic acids is 1. The number of nitrogens with two attached hydrogens (primary N) is 1. The number of amides is 1. The van der Waals surface area contributed by atoms with E-state index in [0.29, 0.717) is 30.6 Å². The maximum atomic E-state index is 12.8. The van der Waals surface area contributed by atoms with Crippen molar-refractivity contribution in [2.24, 2.45) is 0 Å². The number of methoxy groups -OCH3 is 1. The molecular formula is C21H29N5O2. The van der Waals surface area contributed by atoms with Gasteiger partial charge in [-0.15, -0.1) is 0 Å². The van der Waals surface area contributed by atoms with Crippen molar-refractivity contribution in [1.82, 2.24) is 19.8 Å². The lowest BCUT2D eigenvalue weighted by molar-refractivity contribution is -0.130. The molecule has 150 valence electrons. The second-order valence-corrected chi connectivity index (χ2v) is 7.48. The highest BCUT2D eigenvalue weighted by molar-refractivity contribution is 5.77. The van der Waals surface area contributed by atoms with Crippen LogP contribution in [-0.4, -0.2) is 59.0 Å². The second kappa shape index (κ2) is 9.01. The minimum atomic E-state index is 0.153. The summed E-state index contributed by atoms with van der Waals surface area (Å²) in [6, 6.07) is 9.93. The summed E-state index contributed by atoms with van der Waals surface area (Å²) < 4.78 is 5.29. The maximum absolute atomic E-state index is 12.8. The Morgan fingerprint density at radius 3 is 3.00 bits per heavy atom. The number of hydrogen-bond acceptors (Lipinski definition) is 6. The predicted molar refractivity (Wildman–Crippen MR) is 109 cm³/mol. The van der Waals surface area contributed by atoms with Gasteiger partial charge in [-0.05, 0) is 43.1 Å². The number of rotatable bonds is 7. The number of ether oxygens (including phenoxy) is 1. The van der Waals surface area contributed by atoms with Crippen molar-refractivity contribution >= 4 is 11.7 Å². The number of carbonyl (C=O) groups is 1. The van der Waals surface area contributed by atoms with Crippen LogP contribution in [0.15, 0.2) is 36.5 Å². The van der Waals surface area contributed by atoms with Crippen LogP contribution in [0, 0.1) is 0 Å². The molecule has 7 nitrogen and oxygen atoms in total. The summed E-state index contributed by atoms with van der Waals surface area (Å²) in [5.74, 6) is 2.36. The number of nitrogen functional groups attached to an aromatic ring is 1. The first-order valence-electron chi connectivity index (χ1n) is 9.65. The fraction of sp³-hybridized carbons (Fsp3) is 0.476. The van der Waals surface area contributed by atoms with Gasteiger partial charge in [0.1, 0.15) is 17.4 Å². The van der Waals surface area contributed by atoms with Crippen LogP contribution in [0.3, 0.4) is 0 Å². The highest BCUT2D eigenvalue weighted by atomic mass is 16.5. The maximum Gasteiger partial charge on any atom is 0.223 e. The number of likely N-dealkylation sites (tertiary alicyclic amines) is 1. The minimum Gasteiger partial charge on any atom is -0.497 e. The molecule has 1 aromatic carbocycles. The van der Waals surface area contributed by atoms with Gasteiger partial charge in [-0.1, -0.05) is 19.1 Å². The number of nitrogens with zero attached hydrogens (tertiary/aromatic N) is 4. The SMILES string of the molecule is COc1cccc([C@@H](C)CC(=O)N2CC[C@H](N(C)Cc3nccc(N)n3)C2)c1. The van der Waals surface area contributed by atoms with Crippen LogP contribution in [-0.2, 0) is 11.3 Å². The average Bonchev–Trinajstić information content (AvgIpc) is 3.18. The topological polar surface area (TPSA) is 84.6 Å². The average molecular weight is 383 g/mol. The molecule has 1 aliphatic heterocycles. The lowest BCUT2D eigenvalue weighted by Crippen LogP contribution is -2.36. The van der Waals surface area contributed by atoms with Crippen LogP contribution in [0.25, 0.3) is 0 Å². The molecule has 7 heteroatoms.